The summed E-state index contributed by atoms with van der Waals surface area (Å²) in [6.07, 6.45) is 0.969. The zero-order valence-electron chi connectivity index (χ0n) is 8.10. The van der Waals surface area contributed by atoms with Gasteiger partial charge in [0.1, 0.15) is 0 Å². The van der Waals surface area contributed by atoms with Crippen LogP contribution in [0.2, 0.25) is 0 Å². The first-order valence-corrected chi connectivity index (χ1v) is 5.85. The molecule has 0 bridgehead atoms. The zero-order valence-corrected chi connectivity index (χ0v) is 9.98. The second-order valence-corrected chi connectivity index (χ2v) is 4.65. The fraction of sp³-hybridized carbons (Fsp3) is 0.0769. The van der Waals surface area contributed by atoms with E-state index in [2.05, 4.69) is 34.2 Å². The predicted octanol–water partition coefficient (Wildman–Crippen LogP) is 1.91. The molecule has 74 valence electrons. The zero-order chi connectivity index (χ0) is 10.3. The van der Waals surface area contributed by atoms with E-state index in [1.807, 2.05) is 24.3 Å². The third-order valence-electron chi connectivity index (χ3n) is 2.67. The van der Waals surface area contributed by atoms with E-state index < -0.39 is 0 Å². The SMILES string of the molecule is [SeH]c1cccc2c1Cc1ccccc1O2. The Labute approximate surface area is 96.9 Å². The van der Waals surface area contributed by atoms with E-state index in [-0.39, 0.29) is 0 Å². The average molecular weight is 261 g/mol. The molecule has 0 spiro atoms. The quantitative estimate of drug-likeness (QED) is 0.562. The number of ether oxygens (including phenoxy) is 1. The Kier molecular flexibility index (Phi) is 2.05. The average Bonchev–Trinajstić information content (AvgIpc) is 2.27. The molecule has 3 rings (SSSR count). The summed E-state index contributed by atoms with van der Waals surface area (Å²) >= 11 is 2.61. The van der Waals surface area contributed by atoms with Crippen LogP contribution in [0, 0.1) is 0 Å². The first-order chi connectivity index (χ1) is 7.34. The van der Waals surface area contributed by atoms with Crippen LogP contribution >= 0.6 is 0 Å². The van der Waals surface area contributed by atoms with Gasteiger partial charge in [-0.3, -0.25) is 0 Å². The number of benzene rings is 2. The van der Waals surface area contributed by atoms with Crippen molar-refractivity contribution in [1.82, 2.24) is 0 Å². The van der Waals surface area contributed by atoms with E-state index in [1.54, 1.807) is 0 Å². The summed E-state index contributed by atoms with van der Waals surface area (Å²) in [5.41, 5.74) is 2.56. The Morgan fingerprint density at radius 3 is 2.67 bits per heavy atom. The van der Waals surface area contributed by atoms with Crippen LogP contribution in [-0.4, -0.2) is 16.0 Å². The van der Waals surface area contributed by atoms with Gasteiger partial charge >= 0.3 is 96.7 Å². The summed E-state index contributed by atoms with van der Waals surface area (Å²) in [6.45, 7) is 0. The maximum atomic E-state index is 5.85. The molecule has 2 aromatic carbocycles. The topological polar surface area (TPSA) is 9.23 Å². The molecule has 0 amide bonds. The van der Waals surface area contributed by atoms with Gasteiger partial charge in [0.2, 0.25) is 0 Å². The second kappa shape index (κ2) is 3.41. The van der Waals surface area contributed by atoms with Gasteiger partial charge in [0.25, 0.3) is 0 Å². The molecular formula is C13H10OSe. The Morgan fingerprint density at radius 1 is 0.933 bits per heavy atom. The van der Waals surface area contributed by atoms with E-state index in [0.717, 1.165) is 17.9 Å². The van der Waals surface area contributed by atoms with Crippen molar-refractivity contribution >= 4 is 20.5 Å². The van der Waals surface area contributed by atoms with E-state index >= 15 is 0 Å². The molecule has 1 aliphatic rings. The van der Waals surface area contributed by atoms with Crippen LogP contribution in [-0.2, 0) is 6.42 Å². The monoisotopic (exact) mass is 262 g/mol. The van der Waals surface area contributed by atoms with E-state index in [4.69, 9.17) is 4.74 Å². The molecule has 0 atom stereocenters. The predicted molar refractivity (Wildman–Crippen MR) is 62.5 cm³/mol. The van der Waals surface area contributed by atoms with Crippen LogP contribution in [0.3, 0.4) is 0 Å². The van der Waals surface area contributed by atoms with Gasteiger partial charge in [0, 0.05) is 0 Å². The van der Waals surface area contributed by atoms with Crippen LogP contribution < -0.4 is 9.20 Å². The maximum absolute atomic E-state index is 5.85. The van der Waals surface area contributed by atoms with Crippen LogP contribution in [0.5, 0.6) is 11.5 Å². The van der Waals surface area contributed by atoms with Crippen LogP contribution in [0.4, 0.5) is 0 Å². The van der Waals surface area contributed by atoms with Gasteiger partial charge in [0.05, 0.1) is 0 Å². The summed E-state index contributed by atoms with van der Waals surface area (Å²) in [7, 11) is 0. The van der Waals surface area contributed by atoms with Crippen LogP contribution in [0.25, 0.3) is 0 Å². The van der Waals surface area contributed by atoms with Gasteiger partial charge in [-0.15, -0.1) is 0 Å². The van der Waals surface area contributed by atoms with Gasteiger partial charge in [-0.1, -0.05) is 0 Å². The number of rotatable bonds is 0. The van der Waals surface area contributed by atoms with Crippen molar-refractivity contribution in [3.8, 4) is 11.5 Å². The molecule has 2 aromatic rings. The van der Waals surface area contributed by atoms with E-state index in [1.165, 1.54) is 15.6 Å². The number of para-hydroxylation sites is 1. The van der Waals surface area contributed by atoms with E-state index in [9.17, 15) is 0 Å². The van der Waals surface area contributed by atoms with Crippen molar-refractivity contribution in [3.05, 3.63) is 53.6 Å². The molecule has 2 heteroatoms. The first kappa shape index (κ1) is 9.02. The minimum absolute atomic E-state index is 0.969. The van der Waals surface area contributed by atoms with Gasteiger partial charge in [-0.25, -0.2) is 0 Å². The summed E-state index contributed by atoms with van der Waals surface area (Å²) in [4.78, 5) is 0. The summed E-state index contributed by atoms with van der Waals surface area (Å²) in [6, 6.07) is 14.4. The van der Waals surface area contributed by atoms with Crippen molar-refractivity contribution < 1.29 is 4.74 Å². The molecule has 0 aliphatic carbocycles. The van der Waals surface area contributed by atoms with Crippen molar-refractivity contribution in [3.63, 3.8) is 0 Å². The molecule has 0 N–H and O–H groups in total. The molecule has 15 heavy (non-hydrogen) atoms. The second-order valence-electron chi connectivity index (χ2n) is 3.64. The summed E-state index contributed by atoms with van der Waals surface area (Å²) in [5, 5.41) is 0. The van der Waals surface area contributed by atoms with E-state index in [0.29, 0.717) is 0 Å². The van der Waals surface area contributed by atoms with Crippen molar-refractivity contribution in [1.29, 1.82) is 0 Å². The molecule has 1 heterocycles. The summed E-state index contributed by atoms with van der Waals surface area (Å²) < 4.78 is 7.09. The molecule has 0 radical (unpaired) electrons. The normalized spacial score (nSPS) is 12.6. The molecule has 0 saturated carbocycles. The Hall–Kier alpha value is -1.24. The molecule has 0 fully saturated rings. The molecule has 1 aliphatic heterocycles. The van der Waals surface area contributed by atoms with Crippen LogP contribution in [0.15, 0.2) is 42.5 Å². The molecule has 1 nitrogen and oxygen atoms in total. The fourth-order valence-corrected chi connectivity index (χ4v) is 2.46. The van der Waals surface area contributed by atoms with Gasteiger partial charge < -0.3 is 0 Å². The van der Waals surface area contributed by atoms with Crippen molar-refractivity contribution in [2.45, 2.75) is 6.42 Å². The first-order valence-electron chi connectivity index (χ1n) is 4.91. The third-order valence-corrected chi connectivity index (χ3v) is 3.55. The fourth-order valence-electron chi connectivity index (χ4n) is 1.89. The van der Waals surface area contributed by atoms with Gasteiger partial charge in [-0.2, -0.15) is 0 Å². The minimum atomic E-state index is 0.969. The van der Waals surface area contributed by atoms with Crippen molar-refractivity contribution in [2.75, 3.05) is 0 Å². The molecule has 0 unspecified atom stereocenters. The van der Waals surface area contributed by atoms with Gasteiger partial charge in [0.15, 0.2) is 0 Å². The van der Waals surface area contributed by atoms with Gasteiger partial charge in [-0.05, 0) is 0 Å². The third kappa shape index (κ3) is 1.46. The molecule has 0 saturated heterocycles. The number of hydrogen-bond donors (Lipinski definition) is 0. The Balaban J connectivity index is 2.15. The summed E-state index contributed by atoms with van der Waals surface area (Å²) in [5.74, 6) is 1.98. The van der Waals surface area contributed by atoms with Crippen molar-refractivity contribution in [2.24, 2.45) is 0 Å². The molecule has 0 aromatic heterocycles. The standard InChI is InChI=1S/C13H10OSe/c15-13-7-3-6-12-10(13)8-9-4-1-2-5-11(9)14-12/h1-7,15H,8H2. The number of fused-ring (bicyclic) bond motifs is 2. The Bertz CT molecular complexity index is 520. The Morgan fingerprint density at radius 2 is 1.73 bits per heavy atom. The van der Waals surface area contributed by atoms with Crippen LogP contribution in [0.1, 0.15) is 11.1 Å². The molecular weight excluding hydrogens is 251 g/mol. The number of hydrogen-bond acceptors (Lipinski definition) is 1.